The highest BCUT2D eigenvalue weighted by Crippen LogP contribution is 2.29. The first-order valence-corrected chi connectivity index (χ1v) is 14.1. The fourth-order valence-corrected chi connectivity index (χ4v) is 5.30. The summed E-state index contributed by atoms with van der Waals surface area (Å²) >= 11 is 0. The van der Waals surface area contributed by atoms with E-state index < -0.39 is 54.7 Å². The van der Waals surface area contributed by atoms with Crippen LogP contribution in [0.15, 0.2) is 58.5 Å². The van der Waals surface area contributed by atoms with Gasteiger partial charge >= 0.3 is 6.09 Å². The lowest BCUT2D eigenvalue weighted by molar-refractivity contribution is -0.120. The van der Waals surface area contributed by atoms with E-state index in [4.69, 9.17) is 24.7 Å². The van der Waals surface area contributed by atoms with Gasteiger partial charge in [0.2, 0.25) is 11.6 Å². The summed E-state index contributed by atoms with van der Waals surface area (Å²) in [5.74, 6) is -2.09. The van der Waals surface area contributed by atoms with Gasteiger partial charge in [-0.15, -0.1) is 0 Å². The molecule has 0 fully saturated rings. The molecular formula is C31H44FN3O8. The van der Waals surface area contributed by atoms with Crippen molar-refractivity contribution in [2.24, 2.45) is 17.6 Å². The minimum atomic E-state index is -0.981. The minimum absolute atomic E-state index is 0.0175. The predicted octanol–water partition coefficient (Wildman–Crippen LogP) is 2.98. The molecule has 4 N–H and O–H groups in total. The zero-order chi connectivity index (χ0) is 32.3. The number of carbonyl (C=O) groups is 4. The molecule has 0 saturated heterocycles. The van der Waals surface area contributed by atoms with Crippen LogP contribution in [0.1, 0.15) is 40.5 Å². The number of carbonyl (C=O) groups excluding carboxylic acids is 4. The molecule has 6 atom stereocenters. The van der Waals surface area contributed by atoms with Crippen molar-refractivity contribution in [2.45, 2.75) is 65.0 Å². The third-order valence-electron chi connectivity index (χ3n) is 7.43. The van der Waals surface area contributed by atoms with E-state index >= 15 is 0 Å². The molecule has 238 valence electrons. The van der Waals surface area contributed by atoms with Crippen LogP contribution in [-0.2, 0) is 33.3 Å². The maximum Gasteiger partial charge on any atom is 0.405 e. The maximum absolute atomic E-state index is 13.6. The second-order valence-corrected chi connectivity index (χ2v) is 10.8. The van der Waals surface area contributed by atoms with Crippen LogP contribution in [0.25, 0.3) is 0 Å². The van der Waals surface area contributed by atoms with Crippen molar-refractivity contribution in [3.8, 4) is 0 Å². The van der Waals surface area contributed by atoms with Crippen LogP contribution in [-0.4, -0.2) is 82.5 Å². The summed E-state index contributed by atoms with van der Waals surface area (Å²) < 4.78 is 35.7. The number of amides is 2. The van der Waals surface area contributed by atoms with E-state index in [2.05, 4.69) is 10.6 Å². The lowest BCUT2D eigenvalue weighted by atomic mass is 9.85. The molecule has 1 aliphatic carbocycles. The number of ether oxygens (including phenoxy) is 4. The molecule has 1 heterocycles. The van der Waals surface area contributed by atoms with E-state index in [0.717, 1.165) is 6.08 Å². The Kier molecular flexibility index (Phi) is 14.0. The number of halogens is 1. The molecule has 0 aromatic rings. The quantitative estimate of drug-likeness (QED) is 0.293. The van der Waals surface area contributed by atoms with E-state index in [9.17, 15) is 23.6 Å². The Morgan fingerprint density at radius 3 is 2.40 bits per heavy atom. The topological polar surface area (TPSA) is 155 Å². The monoisotopic (exact) mass is 605 g/mol. The zero-order valence-electron chi connectivity index (χ0n) is 25.9. The third-order valence-corrected chi connectivity index (χ3v) is 7.43. The van der Waals surface area contributed by atoms with Crippen LogP contribution >= 0.6 is 0 Å². The minimum Gasteiger partial charge on any atom is -0.439 e. The van der Waals surface area contributed by atoms with Gasteiger partial charge in [0.25, 0.3) is 5.91 Å². The molecule has 43 heavy (non-hydrogen) atoms. The van der Waals surface area contributed by atoms with Gasteiger partial charge < -0.3 is 35.3 Å². The van der Waals surface area contributed by atoms with Gasteiger partial charge in [-0.3, -0.25) is 14.4 Å². The average Bonchev–Trinajstić information content (AvgIpc) is 2.95. The van der Waals surface area contributed by atoms with E-state index in [0.29, 0.717) is 12.0 Å². The Morgan fingerprint density at radius 2 is 1.81 bits per heavy atom. The SMILES string of the molecule is COC1/C=C\C=C(/C)C(=O)NC2=CC(=O)C(NCCF)=C(C[C@@H](C)C[C@H](OC)[C@H](OC)[C@@H](C)/C=C(\C)[C@@H]1OC(N)=O)C2=O. The zero-order valence-corrected chi connectivity index (χ0v) is 25.9. The number of allylic oxidation sites excluding steroid dienone is 4. The Labute approximate surface area is 252 Å². The first-order chi connectivity index (χ1) is 20.4. The van der Waals surface area contributed by atoms with Crippen LogP contribution in [0.5, 0.6) is 0 Å². The number of nitrogens with two attached hydrogens (primary N) is 1. The number of nitrogens with one attached hydrogen (secondary N) is 2. The van der Waals surface area contributed by atoms with Gasteiger partial charge in [0, 0.05) is 51.0 Å². The molecular weight excluding hydrogens is 561 g/mol. The number of Topliss-reactive ketones (excluding diaryl/α,β-unsaturated/α-hetero) is 1. The molecule has 0 aromatic carbocycles. The lowest BCUT2D eigenvalue weighted by Crippen LogP contribution is -2.38. The van der Waals surface area contributed by atoms with Gasteiger partial charge in [0.15, 0.2) is 6.10 Å². The highest BCUT2D eigenvalue weighted by Gasteiger charge is 2.34. The van der Waals surface area contributed by atoms with Crippen LogP contribution in [0, 0.1) is 11.8 Å². The highest BCUT2D eigenvalue weighted by molar-refractivity contribution is 6.23. The molecule has 1 aliphatic heterocycles. The van der Waals surface area contributed by atoms with Crippen molar-refractivity contribution in [1.29, 1.82) is 0 Å². The molecule has 0 aromatic heterocycles. The number of fused-ring (bicyclic) bond motifs is 2. The molecule has 2 aliphatic rings. The largest absolute Gasteiger partial charge is 0.439 e. The first kappa shape index (κ1) is 35.6. The van der Waals surface area contributed by atoms with Crippen molar-refractivity contribution in [1.82, 2.24) is 10.6 Å². The van der Waals surface area contributed by atoms with Gasteiger partial charge in [-0.05, 0) is 38.2 Å². The van der Waals surface area contributed by atoms with Crippen molar-refractivity contribution in [3.05, 3.63) is 58.5 Å². The first-order valence-electron chi connectivity index (χ1n) is 14.1. The van der Waals surface area contributed by atoms with Crippen LogP contribution in [0.3, 0.4) is 0 Å². The summed E-state index contributed by atoms with van der Waals surface area (Å²) in [6.07, 6.45) is 4.68. The van der Waals surface area contributed by atoms with Crippen molar-refractivity contribution in [3.63, 3.8) is 0 Å². The van der Waals surface area contributed by atoms with E-state index in [-0.39, 0.29) is 47.3 Å². The molecule has 0 saturated carbocycles. The number of hydrogen-bond acceptors (Lipinski definition) is 9. The average molecular weight is 606 g/mol. The highest BCUT2D eigenvalue weighted by atomic mass is 19.1. The number of alkyl halides is 1. The molecule has 11 nitrogen and oxygen atoms in total. The summed E-state index contributed by atoms with van der Waals surface area (Å²) in [4.78, 5) is 51.3. The molecule has 2 rings (SSSR count). The lowest BCUT2D eigenvalue weighted by Gasteiger charge is -2.32. The standard InChI is InChI=1S/C31H44FN3O8/c1-17-13-21-26(34-12-11-32)23(36)16-22(27(21)37)35-30(38)18(2)9-8-10-24(40-5)29(43-31(33)39)20(4)15-19(3)28(42-7)25(14-17)41-6/h8-10,15-17,19,24-25,28-29,34H,11-14H2,1-7H3,(H2,33,39)(H,35,38)/b10-8-,18-9+,20-15+/t17-,19+,24?,25+,28-,29+/m1/s1. The molecule has 12 heteroatoms. The Bertz CT molecular complexity index is 1210. The normalized spacial score (nSPS) is 31.3. The Morgan fingerprint density at radius 1 is 1.12 bits per heavy atom. The third kappa shape index (κ3) is 9.70. The molecule has 0 radical (unpaired) electrons. The summed E-state index contributed by atoms with van der Waals surface area (Å²) in [7, 11) is 4.57. The number of ketones is 2. The smallest absolute Gasteiger partial charge is 0.405 e. The van der Waals surface area contributed by atoms with E-state index in [1.165, 1.54) is 20.1 Å². The van der Waals surface area contributed by atoms with E-state index in [1.807, 2.05) is 19.9 Å². The second kappa shape index (κ2) is 16.9. The molecule has 2 amide bonds. The number of primary amides is 1. The molecule has 1 unspecified atom stereocenters. The number of methoxy groups -OCH3 is 3. The van der Waals surface area contributed by atoms with Crippen LogP contribution in [0.2, 0.25) is 0 Å². The van der Waals surface area contributed by atoms with Crippen molar-refractivity contribution >= 4 is 23.6 Å². The van der Waals surface area contributed by atoms with Gasteiger partial charge in [0.1, 0.15) is 12.8 Å². The van der Waals surface area contributed by atoms with Gasteiger partial charge in [-0.2, -0.15) is 0 Å². The van der Waals surface area contributed by atoms with Crippen LogP contribution in [0.4, 0.5) is 9.18 Å². The van der Waals surface area contributed by atoms with E-state index in [1.54, 1.807) is 33.3 Å². The summed E-state index contributed by atoms with van der Waals surface area (Å²) in [6.45, 7) is 6.27. The van der Waals surface area contributed by atoms with Gasteiger partial charge in [-0.1, -0.05) is 38.2 Å². The Balaban J connectivity index is 2.65. The molecule has 2 bridgehead atoms. The number of hydrogen-bond donors (Lipinski definition) is 3. The molecule has 0 spiro atoms. The van der Waals surface area contributed by atoms with Crippen molar-refractivity contribution in [2.75, 3.05) is 34.5 Å². The Hall–Kier alpha value is -3.61. The summed E-state index contributed by atoms with van der Waals surface area (Å²) in [5, 5.41) is 5.28. The summed E-state index contributed by atoms with van der Waals surface area (Å²) in [6, 6.07) is 0. The van der Waals surface area contributed by atoms with Crippen LogP contribution < -0.4 is 16.4 Å². The van der Waals surface area contributed by atoms with Crippen molar-refractivity contribution < 1.29 is 42.5 Å². The van der Waals surface area contributed by atoms with Gasteiger partial charge in [-0.25, -0.2) is 9.18 Å². The second-order valence-electron chi connectivity index (χ2n) is 10.8. The number of rotatable bonds is 7. The maximum atomic E-state index is 13.6. The van der Waals surface area contributed by atoms with Gasteiger partial charge in [0.05, 0.1) is 23.6 Å². The predicted molar refractivity (Wildman–Crippen MR) is 158 cm³/mol. The fourth-order valence-electron chi connectivity index (χ4n) is 5.30. The summed E-state index contributed by atoms with van der Waals surface area (Å²) in [5.41, 5.74) is 6.26. The fraction of sp³-hybridized carbons (Fsp3) is 0.548.